The van der Waals surface area contributed by atoms with E-state index in [1.54, 1.807) is 3.88 Å². The predicted molar refractivity (Wildman–Crippen MR) is 25.1 cm³/mol. The van der Waals surface area contributed by atoms with Crippen LogP contribution in [-0.4, -0.2) is 14.3 Å². The molecular weight excluding hydrogens is 183 g/mol. The first-order chi connectivity index (χ1) is 3.81. The molecule has 0 amide bonds. The van der Waals surface area contributed by atoms with Crippen LogP contribution in [0.25, 0.3) is 0 Å². The lowest BCUT2D eigenvalue weighted by Gasteiger charge is -2.02. The Morgan fingerprint density at radius 3 is 1.89 bits per heavy atom. The number of hydrogen-bond acceptors (Lipinski definition) is 2. The van der Waals surface area contributed by atoms with Gasteiger partial charge in [0.1, 0.15) is 0 Å². The number of nitrogens with zero attached hydrogens (tertiary/aromatic N) is 1. The predicted octanol–water partition coefficient (Wildman–Crippen LogP) is 1.60. The molecule has 0 aliphatic heterocycles. The first-order valence-electron chi connectivity index (χ1n) is 1.47. The van der Waals surface area contributed by atoms with Gasteiger partial charge in [-0.05, 0) is 0 Å². The molecular formula is CHClF3NO2S. The summed E-state index contributed by atoms with van der Waals surface area (Å²) in [4.78, 5) is 0. The summed E-state index contributed by atoms with van der Waals surface area (Å²) < 4.78 is 52.6. The lowest BCUT2D eigenvalue weighted by molar-refractivity contribution is -0.0467. The molecule has 0 rings (SSSR count). The topological polar surface area (TPSA) is 49.7 Å². The van der Waals surface area contributed by atoms with Crippen molar-refractivity contribution in [2.24, 2.45) is 3.88 Å². The molecule has 56 valence electrons. The lowest BCUT2D eigenvalue weighted by Crippen LogP contribution is -2.20. The Balaban J connectivity index is 4.80. The number of halogens is 4. The zero-order valence-electron chi connectivity index (χ0n) is 3.72. The smallest absolute Gasteiger partial charge is 0.293 e. The standard InChI is InChI=1S/CHClF3NO2S/c2-6-9(7,8)1(3,4)5/h(H,6,7,8). The van der Waals surface area contributed by atoms with Crippen LogP contribution in [0.3, 0.4) is 0 Å². The average molecular weight is 184 g/mol. The molecule has 1 unspecified atom stereocenters. The molecule has 0 fully saturated rings. The highest BCUT2D eigenvalue weighted by Gasteiger charge is 2.42. The fourth-order valence-electron chi connectivity index (χ4n) is 0.0391. The summed E-state index contributed by atoms with van der Waals surface area (Å²) in [7, 11) is -5.20. The monoisotopic (exact) mass is 183 g/mol. The molecule has 3 nitrogen and oxygen atoms in total. The Hall–Kier alpha value is -0.0100. The third-order valence-electron chi connectivity index (χ3n) is 0.395. The second kappa shape index (κ2) is 2.31. The molecule has 0 heterocycles. The van der Waals surface area contributed by atoms with E-state index >= 15 is 0 Å². The fraction of sp³-hybridized carbons (Fsp3) is 1.00. The maximum Gasteiger partial charge on any atom is 0.504 e. The molecule has 0 aromatic rings. The van der Waals surface area contributed by atoms with Gasteiger partial charge in [0.05, 0.1) is 0 Å². The molecule has 0 aromatic heterocycles. The van der Waals surface area contributed by atoms with E-state index in [-0.39, 0.29) is 0 Å². The molecule has 0 aliphatic carbocycles. The summed E-state index contributed by atoms with van der Waals surface area (Å²) in [6.45, 7) is 0. The van der Waals surface area contributed by atoms with Crippen molar-refractivity contribution in [1.29, 1.82) is 0 Å². The third kappa shape index (κ3) is 1.99. The van der Waals surface area contributed by atoms with Crippen LogP contribution in [0.2, 0.25) is 0 Å². The van der Waals surface area contributed by atoms with Gasteiger partial charge < -0.3 is 0 Å². The lowest BCUT2D eigenvalue weighted by atomic mass is 11.6. The van der Waals surface area contributed by atoms with Gasteiger partial charge in [0.25, 0.3) is 10.0 Å². The van der Waals surface area contributed by atoms with Gasteiger partial charge in [0, 0.05) is 11.8 Å². The molecule has 9 heavy (non-hydrogen) atoms. The van der Waals surface area contributed by atoms with Gasteiger partial charge in [-0.3, -0.25) is 4.55 Å². The van der Waals surface area contributed by atoms with Crippen LogP contribution in [0.1, 0.15) is 0 Å². The van der Waals surface area contributed by atoms with E-state index in [1.165, 1.54) is 0 Å². The third-order valence-corrected chi connectivity index (χ3v) is 1.75. The molecule has 0 aliphatic rings. The Bertz CT molecular complexity index is 202. The molecule has 0 bridgehead atoms. The molecule has 0 spiro atoms. The quantitative estimate of drug-likeness (QED) is 0.620. The van der Waals surface area contributed by atoms with Crippen molar-refractivity contribution in [1.82, 2.24) is 0 Å². The Labute approximate surface area is 53.9 Å². The van der Waals surface area contributed by atoms with Crippen molar-refractivity contribution < 1.29 is 21.9 Å². The van der Waals surface area contributed by atoms with E-state index < -0.39 is 15.5 Å². The molecule has 0 aromatic carbocycles. The second-order valence-corrected chi connectivity index (χ2v) is 3.02. The molecule has 0 saturated carbocycles. The zero-order chi connectivity index (χ0) is 7.71. The van der Waals surface area contributed by atoms with E-state index in [0.29, 0.717) is 0 Å². The summed E-state index contributed by atoms with van der Waals surface area (Å²) in [5.74, 6) is 0. The van der Waals surface area contributed by atoms with Crippen LogP contribution in [0.4, 0.5) is 13.2 Å². The number of alkyl halides is 3. The zero-order valence-corrected chi connectivity index (χ0v) is 5.30. The van der Waals surface area contributed by atoms with Gasteiger partial charge in [-0.25, -0.2) is 4.21 Å². The highest BCUT2D eigenvalue weighted by atomic mass is 35.5. The Kier molecular flexibility index (Phi) is 2.31. The van der Waals surface area contributed by atoms with Crippen molar-refractivity contribution in [3.05, 3.63) is 0 Å². The van der Waals surface area contributed by atoms with E-state index in [9.17, 15) is 17.4 Å². The molecule has 1 N–H and O–H groups in total. The van der Waals surface area contributed by atoms with E-state index in [1.807, 2.05) is 0 Å². The van der Waals surface area contributed by atoms with Crippen LogP contribution in [0, 0.1) is 0 Å². The van der Waals surface area contributed by atoms with Gasteiger partial charge in [-0.15, -0.1) is 0 Å². The average Bonchev–Trinajstić information content (AvgIpc) is 1.64. The van der Waals surface area contributed by atoms with Crippen LogP contribution in [0.5, 0.6) is 0 Å². The summed E-state index contributed by atoms with van der Waals surface area (Å²) in [5.41, 5.74) is -5.27. The van der Waals surface area contributed by atoms with E-state index in [4.69, 9.17) is 4.55 Å². The first-order valence-corrected chi connectivity index (χ1v) is 3.28. The Morgan fingerprint density at radius 1 is 1.56 bits per heavy atom. The van der Waals surface area contributed by atoms with E-state index in [0.717, 1.165) is 0 Å². The minimum absolute atomic E-state index is 1.72. The minimum atomic E-state index is -5.27. The number of rotatable bonds is 0. The van der Waals surface area contributed by atoms with Crippen LogP contribution in [-0.2, 0) is 10.0 Å². The minimum Gasteiger partial charge on any atom is -0.293 e. The summed E-state index contributed by atoms with van der Waals surface area (Å²) in [6, 6.07) is 0. The highest BCUT2D eigenvalue weighted by Crippen LogP contribution is 2.23. The van der Waals surface area contributed by atoms with Gasteiger partial charge in [-0.2, -0.15) is 13.2 Å². The van der Waals surface area contributed by atoms with Crippen molar-refractivity contribution in [2.75, 3.05) is 0 Å². The number of hydrogen-bond donors (Lipinski definition) is 1. The fourth-order valence-corrected chi connectivity index (χ4v) is 0.352. The van der Waals surface area contributed by atoms with Crippen molar-refractivity contribution >= 4 is 21.8 Å². The second-order valence-electron chi connectivity index (χ2n) is 1.01. The summed E-state index contributed by atoms with van der Waals surface area (Å²) >= 11 is 4.16. The largest absolute Gasteiger partial charge is 0.504 e. The van der Waals surface area contributed by atoms with Gasteiger partial charge in [0.15, 0.2) is 0 Å². The van der Waals surface area contributed by atoms with Crippen LogP contribution >= 0.6 is 11.8 Å². The molecule has 0 radical (unpaired) electrons. The van der Waals surface area contributed by atoms with Crippen LogP contribution < -0.4 is 0 Å². The molecule has 1 atom stereocenters. The maximum atomic E-state index is 11.1. The highest BCUT2D eigenvalue weighted by molar-refractivity contribution is 7.89. The van der Waals surface area contributed by atoms with Crippen LogP contribution in [0.15, 0.2) is 3.88 Å². The SMILES string of the molecule is O=S(O)(=NCl)C(F)(F)F. The van der Waals surface area contributed by atoms with Crippen molar-refractivity contribution in [2.45, 2.75) is 5.51 Å². The Morgan fingerprint density at radius 2 is 1.89 bits per heavy atom. The summed E-state index contributed by atoms with van der Waals surface area (Å²) in [5, 5.41) is 0. The maximum absolute atomic E-state index is 11.1. The van der Waals surface area contributed by atoms with Crippen molar-refractivity contribution in [3.63, 3.8) is 0 Å². The molecule has 8 heteroatoms. The van der Waals surface area contributed by atoms with Crippen molar-refractivity contribution in [3.8, 4) is 0 Å². The van der Waals surface area contributed by atoms with Gasteiger partial charge in [0.2, 0.25) is 0 Å². The van der Waals surface area contributed by atoms with E-state index in [2.05, 4.69) is 11.8 Å². The normalized spacial score (nSPS) is 18.8. The summed E-state index contributed by atoms with van der Waals surface area (Å²) in [6.07, 6.45) is 0. The van der Waals surface area contributed by atoms with Gasteiger partial charge in [-0.1, -0.05) is 3.88 Å². The first kappa shape index (κ1) is 8.99. The van der Waals surface area contributed by atoms with Gasteiger partial charge >= 0.3 is 5.51 Å². The molecule has 0 saturated heterocycles.